The lowest BCUT2D eigenvalue weighted by atomic mass is 9.92. The Hall–Kier alpha value is -1.78. The molecule has 5 nitrogen and oxygen atoms in total. The van der Waals surface area contributed by atoms with Gasteiger partial charge in [0.2, 0.25) is 5.95 Å². The fourth-order valence-corrected chi connectivity index (χ4v) is 1.86. The number of aromatic nitrogens is 2. The Bertz CT molecular complexity index is 559. The van der Waals surface area contributed by atoms with Crippen LogP contribution < -0.4 is 4.90 Å². The van der Waals surface area contributed by atoms with Crippen molar-refractivity contribution in [2.24, 2.45) is 17.9 Å². The van der Waals surface area contributed by atoms with Gasteiger partial charge in [-0.2, -0.15) is 0 Å². The number of anilines is 1. The second-order valence-electron chi connectivity index (χ2n) is 7.69. The van der Waals surface area contributed by atoms with Crippen molar-refractivity contribution in [3.05, 3.63) is 24.2 Å². The zero-order chi connectivity index (χ0) is 17.3. The fraction of sp³-hybridized carbons (Fsp3) is 0.647. The molecule has 0 aliphatic heterocycles. The van der Waals surface area contributed by atoms with Crippen LogP contribution in [0.4, 0.5) is 5.95 Å². The van der Waals surface area contributed by atoms with E-state index < -0.39 is 5.41 Å². The van der Waals surface area contributed by atoms with Crippen molar-refractivity contribution in [2.45, 2.75) is 48.1 Å². The first-order valence-corrected chi connectivity index (χ1v) is 7.46. The second kappa shape index (κ2) is 6.15. The molecule has 0 saturated carbocycles. The van der Waals surface area contributed by atoms with Gasteiger partial charge in [0.15, 0.2) is 0 Å². The third-order valence-corrected chi connectivity index (χ3v) is 3.59. The number of carbonyl (C=O) groups is 1. The summed E-state index contributed by atoms with van der Waals surface area (Å²) in [5, 5.41) is 0. The number of nitrogens with zero attached hydrogens (tertiary/aromatic N) is 3. The van der Waals surface area contributed by atoms with Gasteiger partial charge < -0.3 is 14.2 Å². The molecule has 0 radical (unpaired) electrons. The highest BCUT2D eigenvalue weighted by atomic mass is 16.5. The van der Waals surface area contributed by atoms with Crippen molar-refractivity contribution in [1.82, 2.24) is 9.55 Å². The Morgan fingerprint density at radius 1 is 1.27 bits per heavy atom. The van der Waals surface area contributed by atoms with Crippen LogP contribution in [0.15, 0.2) is 18.5 Å². The number of esters is 1. The predicted octanol–water partition coefficient (Wildman–Crippen LogP) is 3.51. The van der Waals surface area contributed by atoms with Gasteiger partial charge in [-0.1, -0.05) is 27.4 Å². The molecule has 5 heteroatoms. The SMILES string of the molecule is C=C(N(C)c1ncc(COC(=O)C(C)(C)C)n1C)C(C)(C)C. The maximum atomic E-state index is 11.9. The average molecular weight is 307 g/mol. The van der Waals surface area contributed by atoms with E-state index in [1.54, 1.807) is 6.20 Å². The molecule has 0 saturated heterocycles. The van der Waals surface area contributed by atoms with E-state index in [0.29, 0.717) is 0 Å². The summed E-state index contributed by atoms with van der Waals surface area (Å²) in [6.45, 7) is 16.2. The van der Waals surface area contributed by atoms with Crippen molar-refractivity contribution < 1.29 is 9.53 Å². The van der Waals surface area contributed by atoms with Crippen molar-refractivity contribution >= 4 is 11.9 Å². The van der Waals surface area contributed by atoms with Gasteiger partial charge >= 0.3 is 5.97 Å². The molecule has 0 bridgehead atoms. The number of imidazole rings is 1. The van der Waals surface area contributed by atoms with Gasteiger partial charge in [0.1, 0.15) is 6.61 Å². The lowest BCUT2D eigenvalue weighted by Gasteiger charge is -2.30. The van der Waals surface area contributed by atoms with Crippen molar-refractivity contribution in [1.29, 1.82) is 0 Å². The minimum absolute atomic E-state index is 0.0421. The first-order valence-electron chi connectivity index (χ1n) is 7.46. The van der Waals surface area contributed by atoms with Crippen LogP contribution in [0.25, 0.3) is 0 Å². The largest absolute Gasteiger partial charge is 0.459 e. The van der Waals surface area contributed by atoms with E-state index in [-0.39, 0.29) is 18.0 Å². The lowest BCUT2D eigenvalue weighted by Crippen LogP contribution is -2.28. The molecule has 0 fully saturated rings. The summed E-state index contributed by atoms with van der Waals surface area (Å²) >= 11 is 0. The summed E-state index contributed by atoms with van der Waals surface area (Å²) in [7, 11) is 3.86. The molecule has 0 amide bonds. The van der Waals surface area contributed by atoms with E-state index in [4.69, 9.17) is 4.74 Å². The molecule has 0 aromatic carbocycles. The summed E-state index contributed by atoms with van der Waals surface area (Å²) in [5.41, 5.74) is 1.28. The molecule has 0 spiro atoms. The molecule has 22 heavy (non-hydrogen) atoms. The van der Waals surface area contributed by atoms with E-state index in [1.807, 2.05) is 44.3 Å². The number of hydrogen-bond donors (Lipinski definition) is 0. The van der Waals surface area contributed by atoms with Crippen molar-refractivity contribution in [3.63, 3.8) is 0 Å². The average Bonchev–Trinajstić information content (AvgIpc) is 2.73. The molecule has 1 aromatic heterocycles. The van der Waals surface area contributed by atoms with Crippen LogP contribution >= 0.6 is 0 Å². The summed E-state index contributed by atoms with van der Waals surface area (Å²) in [4.78, 5) is 18.2. The molecular weight excluding hydrogens is 278 g/mol. The molecule has 0 N–H and O–H groups in total. The van der Waals surface area contributed by atoms with Gasteiger partial charge in [-0.25, -0.2) is 4.98 Å². The second-order valence-corrected chi connectivity index (χ2v) is 7.69. The third-order valence-electron chi connectivity index (χ3n) is 3.59. The molecule has 0 unspecified atom stereocenters. The van der Waals surface area contributed by atoms with Gasteiger partial charge in [0, 0.05) is 25.2 Å². The van der Waals surface area contributed by atoms with Crippen LogP contribution in [-0.4, -0.2) is 22.6 Å². The number of hydrogen-bond acceptors (Lipinski definition) is 4. The first kappa shape index (κ1) is 18.3. The molecule has 124 valence electrons. The van der Waals surface area contributed by atoms with Crippen LogP contribution in [0.1, 0.15) is 47.2 Å². The highest BCUT2D eigenvalue weighted by Crippen LogP contribution is 2.29. The van der Waals surface area contributed by atoms with Crippen molar-refractivity contribution in [2.75, 3.05) is 11.9 Å². The van der Waals surface area contributed by atoms with Crippen LogP contribution in [0.5, 0.6) is 0 Å². The zero-order valence-electron chi connectivity index (χ0n) is 15.1. The molecule has 0 atom stereocenters. The van der Waals surface area contributed by atoms with Gasteiger partial charge in [-0.15, -0.1) is 0 Å². The van der Waals surface area contributed by atoms with Crippen LogP contribution in [0.3, 0.4) is 0 Å². The number of carbonyl (C=O) groups excluding carboxylic acids is 1. The normalized spacial score (nSPS) is 12.2. The molecule has 1 rings (SSSR count). The Labute approximate surface area is 134 Å². The lowest BCUT2D eigenvalue weighted by molar-refractivity contribution is -0.154. The number of ether oxygens (including phenoxy) is 1. The Morgan fingerprint density at radius 3 is 2.27 bits per heavy atom. The van der Waals surface area contributed by atoms with E-state index in [9.17, 15) is 4.79 Å². The number of allylic oxidation sites excluding steroid dienone is 1. The quantitative estimate of drug-likeness (QED) is 0.799. The summed E-state index contributed by atoms with van der Waals surface area (Å²) in [5.74, 6) is 0.560. The highest BCUT2D eigenvalue weighted by Gasteiger charge is 2.25. The van der Waals surface area contributed by atoms with Gasteiger partial charge in [-0.05, 0) is 20.8 Å². The van der Waals surface area contributed by atoms with E-state index >= 15 is 0 Å². The Morgan fingerprint density at radius 2 is 1.82 bits per heavy atom. The van der Waals surface area contributed by atoms with Crippen LogP contribution in [0.2, 0.25) is 0 Å². The minimum Gasteiger partial charge on any atom is -0.459 e. The summed E-state index contributed by atoms with van der Waals surface area (Å²) in [6, 6.07) is 0. The van der Waals surface area contributed by atoms with Gasteiger partial charge in [-0.3, -0.25) is 4.79 Å². The molecule has 1 aromatic rings. The maximum absolute atomic E-state index is 11.9. The van der Waals surface area contributed by atoms with Gasteiger partial charge in [0.25, 0.3) is 0 Å². The fourth-order valence-electron chi connectivity index (χ4n) is 1.86. The van der Waals surface area contributed by atoms with E-state index in [0.717, 1.165) is 17.3 Å². The summed E-state index contributed by atoms with van der Waals surface area (Å²) in [6.07, 6.45) is 1.73. The molecular formula is C17H29N3O2. The number of rotatable bonds is 4. The topological polar surface area (TPSA) is 47.4 Å². The third kappa shape index (κ3) is 4.12. The first-order chi connectivity index (χ1) is 9.85. The van der Waals surface area contributed by atoms with Crippen LogP contribution in [-0.2, 0) is 23.2 Å². The summed E-state index contributed by atoms with van der Waals surface area (Å²) < 4.78 is 7.28. The smallest absolute Gasteiger partial charge is 0.311 e. The maximum Gasteiger partial charge on any atom is 0.311 e. The Kier molecular flexibility index (Phi) is 5.10. The predicted molar refractivity (Wildman–Crippen MR) is 89.5 cm³/mol. The highest BCUT2D eigenvalue weighted by molar-refractivity contribution is 5.75. The standard InChI is InChI=1S/C17H29N3O2/c1-12(16(2,3)4)19(8)15-18-10-13(20(15)9)11-22-14(21)17(5,6)7/h10H,1,11H2,2-9H3. The Balaban J connectivity index is 2.86. The monoisotopic (exact) mass is 307 g/mol. The zero-order valence-corrected chi connectivity index (χ0v) is 15.1. The van der Waals surface area contributed by atoms with Gasteiger partial charge in [0.05, 0.1) is 17.3 Å². The molecule has 1 heterocycles. The molecule has 0 aliphatic carbocycles. The van der Waals surface area contributed by atoms with Crippen molar-refractivity contribution in [3.8, 4) is 0 Å². The minimum atomic E-state index is -0.501. The van der Waals surface area contributed by atoms with Crippen LogP contribution in [0, 0.1) is 10.8 Å². The molecule has 0 aliphatic rings. The van der Waals surface area contributed by atoms with E-state index in [1.165, 1.54) is 0 Å². The van der Waals surface area contributed by atoms with E-state index in [2.05, 4.69) is 32.3 Å².